The molecule has 0 aliphatic heterocycles. The molecule has 34 heavy (non-hydrogen) atoms. The number of hydrogen-bond donors (Lipinski definition) is 4. The van der Waals surface area contributed by atoms with Crippen molar-refractivity contribution in [3.63, 3.8) is 0 Å². The Kier molecular flexibility index (Phi) is 11.2. The molecule has 0 saturated carbocycles. The Hall–Kier alpha value is -2.94. The number of amides is 3. The van der Waals surface area contributed by atoms with Crippen molar-refractivity contribution in [1.82, 2.24) is 16.0 Å². The summed E-state index contributed by atoms with van der Waals surface area (Å²) in [6.07, 6.45) is -0.688. The van der Waals surface area contributed by atoms with E-state index in [0.29, 0.717) is 6.42 Å². The maximum absolute atomic E-state index is 12.9. The molecule has 0 aliphatic carbocycles. The molecule has 1 aromatic carbocycles. The fourth-order valence-electron chi connectivity index (χ4n) is 3.13. The van der Waals surface area contributed by atoms with Crippen molar-refractivity contribution in [2.45, 2.75) is 91.1 Å². The molecule has 0 aliphatic rings. The number of hydrogen-bond acceptors (Lipinski definition) is 6. The number of esters is 1. The second-order valence-electron chi connectivity index (χ2n) is 9.90. The Morgan fingerprint density at radius 3 is 2.00 bits per heavy atom. The molecule has 3 amide bonds. The number of ether oxygens (including phenoxy) is 1. The molecule has 0 saturated heterocycles. The van der Waals surface area contributed by atoms with Crippen molar-refractivity contribution in [2.24, 2.45) is 5.92 Å². The largest absolute Gasteiger partial charge is 0.458 e. The lowest BCUT2D eigenvalue weighted by Crippen LogP contribution is -2.57. The standard InChI is InChI=1S/C25H39N3O6/c1-15(2)13-19(27-20(30)14-18-11-9-8-10-12-18)23(32)26-16(3)22(31)28-21(17(4)29)24(33)34-25(5,6)7/h8-12,15-17,19,21,29H,13-14H2,1-7H3,(H,26,32)(H,27,30)(H,28,31)/t16-,17+,19-,21-/m0/s1. The maximum atomic E-state index is 12.9. The molecule has 9 heteroatoms. The number of carbonyl (C=O) groups is 4. The zero-order valence-electron chi connectivity index (χ0n) is 21.2. The van der Waals surface area contributed by atoms with E-state index in [1.54, 1.807) is 20.8 Å². The third kappa shape index (κ3) is 10.8. The van der Waals surface area contributed by atoms with E-state index in [4.69, 9.17) is 4.74 Å². The average Bonchev–Trinajstić information content (AvgIpc) is 2.69. The summed E-state index contributed by atoms with van der Waals surface area (Å²) in [5.41, 5.74) is 0.0272. The Bertz CT molecular complexity index is 833. The van der Waals surface area contributed by atoms with Gasteiger partial charge in [-0.1, -0.05) is 44.2 Å². The summed E-state index contributed by atoms with van der Waals surface area (Å²) < 4.78 is 5.25. The number of aliphatic hydroxyl groups is 1. The first-order chi connectivity index (χ1) is 15.7. The van der Waals surface area contributed by atoms with Crippen LogP contribution < -0.4 is 16.0 Å². The lowest BCUT2D eigenvalue weighted by molar-refractivity contribution is -0.161. The van der Waals surface area contributed by atoms with E-state index in [1.807, 2.05) is 44.2 Å². The molecular formula is C25H39N3O6. The van der Waals surface area contributed by atoms with Gasteiger partial charge in [0.05, 0.1) is 12.5 Å². The van der Waals surface area contributed by atoms with Gasteiger partial charge in [0.2, 0.25) is 17.7 Å². The van der Waals surface area contributed by atoms with Crippen LogP contribution in [0.25, 0.3) is 0 Å². The predicted molar refractivity (Wildman–Crippen MR) is 129 cm³/mol. The van der Waals surface area contributed by atoms with E-state index < -0.39 is 47.6 Å². The molecule has 0 spiro atoms. The summed E-state index contributed by atoms with van der Waals surface area (Å²) in [5, 5.41) is 17.7. The first-order valence-corrected chi connectivity index (χ1v) is 11.5. The van der Waals surface area contributed by atoms with Crippen LogP contribution in [0, 0.1) is 5.92 Å². The Balaban J connectivity index is 2.79. The molecule has 4 atom stereocenters. The van der Waals surface area contributed by atoms with Gasteiger partial charge in [-0.05, 0) is 52.5 Å². The van der Waals surface area contributed by atoms with E-state index in [0.717, 1.165) is 5.56 Å². The van der Waals surface area contributed by atoms with E-state index in [2.05, 4.69) is 16.0 Å². The minimum Gasteiger partial charge on any atom is -0.458 e. The van der Waals surface area contributed by atoms with Gasteiger partial charge >= 0.3 is 5.97 Å². The van der Waals surface area contributed by atoms with Gasteiger partial charge < -0.3 is 25.8 Å². The zero-order chi connectivity index (χ0) is 26.1. The smallest absolute Gasteiger partial charge is 0.331 e. The van der Waals surface area contributed by atoms with Crippen molar-refractivity contribution < 1.29 is 29.0 Å². The van der Waals surface area contributed by atoms with Gasteiger partial charge in [-0.25, -0.2) is 4.79 Å². The second kappa shape index (κ2) is 13.1. The lowest BCUT2D eigenvalue weighted by Gasteiger charge is -2.27. The molecule has 4 N–H and O–H groups in total. The van der Waals surface area contributed by atoms with E-state index >= 15 is 0 Å². The van der Waals surface area contributed by atoms with Crippen molar-refractivity contribution in [1.29, 1.82) is 0 Å². The van der Waals surface area contributed by atoms with Gasteiger partial charge in [-0.15, -0.1) is 0 Å². The molecule has 0 fully saturated rings. The Morgan fingerprint density at radius 2 is 1.50 bits per heavy atom. The van der Waals surface area contributed by atoms with E-state index in [-0.39, 0.29) is 18.2 Å². The van der Waals surface area contributed by atoms with Gasteiger partial charge in [0.1, 0.15) is 17.7 Å². The monoisotopic (exact) mass is 477 g/mol. The molecule has 1 aromatic rings. The summed E-state index contributed by atoms with van der Waals surface area (Å²) in [4.78, 5) is 50.4. The van der Waals surface area contributed by atoms with Crippen LogP contribution in [0.2, 0.25) is 0 Å². The molecule has 0 bridgehead atoms. The van der Waals surface area contributed by atoms with Gasteiger partial charge in [0.25, 0.3) is 0 Å². The predicted octanol–water partition coefficient (Wildman–Crippen LogP) is 1.47. The van der Waals surface area contributed by atoms with E-state index in [9.17, 15) is 24.3 Å². The summed E-state index contributed by atoms with van der Waals surface area (Å²) in [6, 6.07) is 6.04. The molecule has 0 unspecified atom stereocenters. The van der Waals surface area contributed by atoms with Crippen molar-refractivity contribution in [3.05, 3.63) is 35.9 Å². The van der Waals surface area contributed by atoms with Crippen LogP contribution >= 0.6 is 0 Å². The third-order valence-electron chi connectivity index (χ3n) is 4.76. The molecule has 9 nitrogen and oxygen atoms in total. The maximum Gasteiger partial charge on any atom is 0.331 e. The lowest BCUT2D eigenvalue weighted by atomic mass is 10.0. The van der Waals surface area contributed by atoms with Gasteiger partial charge in [-0.3, -0.25) is 14.4 Å². The first-order valence-electron chi connectivity index (χ1n) is 11.5. The number of carbonyl (C=O) groups excluding carboxylic acids is 4. The van der Waals surface area contributed by atoms with Crippen LogP contribution in [0.15, 0.2) is 30.3 Å². The van der Waals surface area contributed by atoms with Crippen LogP contribution in [-0.4, -0.2) is 58.6 Å². The number of rotatable bonds is 11. The van der Waals surface area contributed by atoms with Crippen LogP contribution in [0.5, 0.6) is 0 Å². The fourth-order valence-corrected chi connectivity index (χ4v) is 3.13. The molecule has 190 valence electrons. The normalized spacial score (nSPS) is 15.0. The van der Waals surface area contributed by atoms with Crippen LogP contribution in [0.1, 0.15) is 60.5 Å². The second-order valence-corrected chi connectivity index (χ2v) is 9.90. The molecule has 0 aromatic heterocycles. The fraction of sp³-hybridized carbons (Fsp3) is 0.600. The highest BCUT2D eigenvalue weighted by Crippen LogP contribution is 2.11. The van der Waals surface area contributed by atoms with Crippen LogP contribution in [-0.2, 0) is 30.3 Å². The van der Waals surface area contributed by atoms with Gasteiger partial charge in [0, 0.05) is 0 Å². The topological polar surface area (TPSA) is 134 Å². The van der Waals surface area contributed by atoms with Gasteiger partial charge in [-0.2, -0.15) is 0 Å². The van der Waals surface area contributed by atoms with Crippen molar-refractivity contribution in [2.75, 3.05) is 0 Å². The number of aliphatic hydroxyl groups excluding tert-OH is 1. The van der Waals surface area contributed by atoms with E-state index in [1.165, 1.54) is 13.8 Å². The Labute approximate surface area is 202 Å². The SMILES string of the molecule is CC(C)C[C@H](NC(=O)Cc1ccccc1)C(=O)N[C@@H](C)C(=O)N[C@H](C(=O)OC(C)(C)C)[C@@H](C)O. The van der Waals surface area contributed by atoms with Crippen LogP contribution in [0.4, 0.5) is 0 Å². The highest BCUT2D eigenvalue weighted by atomic mass is 16.6. The molecule has 1 rings (SSSR count). The summed E-state index contributed by atoms with van der Waals surface area (Å²) >= 11 is 0. The quantitative estimate of drug-likeness (QED) is 0.357. The zero-order valence-corrected chi connectivity index (χ0v) is 21.2. The first kappa shape index (κ1) is 29.1. The Morgan fingerprint density at radius 1 is 0.912 bits per heavy atom. The molecule has 0 heterocycles. The summed E-state index contributed by atoms with van der Waals surface area (Å²) in [6.45, 7) is 11.7. The molecular weight excluding hydrogens is 438 g/mol. The molecule has 0 radical (unpaired) electrons. The number of nitrogens with one attached hydrogen (secondary N) is 3. The number of benzene rings is 1. The minimum atomic E-state index is -1.29. The minimum absolute atomic E-state index is 0.115. The highest BCUT2D eigenvalue weighted by Gasteiger charge is 2.32. The van der Waals surface area contributed by atoms with Crippen LogP contribution in [0.3, 0.4) is 0 Å². The third-order valence-corrected chi connectivity index (χ3v) is 4.76. The summed E-state index contributed by atoms with van der Waals surface area (Å²) in [7, 11) is 0. The van der Waals surface area contributed by atoms with Gasteiger partial charge in [0.15, 0.2) is 6.04 Å². The average molecular weight is 478 g/mol. The van der Waals surface area contributed by atoms with Crippen molar-refractivity contribution >= 4 is 23.7 Å². The highest BCUT2D eigenvalue weighted by molar-refractivity contribution is 5.93. The summed E-state index contributed by atoms with van der Waals surface area (Å²) in [5.74, 6) is -2.14. The van der Waals surface area contributed by atoms with Crippen molar-refractivity contribution in [3.8, 4) is 0 Å².